The second kappa shape index (κ2) is 7.26. The van der Waals surface area contributed by atoms with Crippen LogP contribution in [0.15, 0.2) is 24.3 Å². The molecule has 3 N–H and O–H groups in total. The van der Waals surface area contributed by atoms with Gasteiger partial charge in [0.1, 0.15) is 6.04 Å². The molecule has 0 heterocycles. The molecule has 0 bridgehead atoms. The maximum Gasteiger partial charge on any atom is 0.320 e. The van der Waals surface area contributed by atoms with E-state index in [0.29, 0.717) is 6.42 Å². The summed E-state index contributed by atoms with van der Waals surface area (Å²) in [5.74, 6) is -0.950. The first-order chi connectivity index (χ1) is 8.95. The lowest BCUT2D eigenvalue weighted by molar-refractivity contribution is -0.139. The van der Waals surface area contributed by atoms with E-state index in [1.165, 1.54) is 5.56 Å². The molecule has 1 aromatic carbocycles. The predicted octanol–water partition coefficient (Wildman–Crippen LogP) is 2.04. The van der Waals surface area contributed by atoms with Crippen LogP contribution in [-0.4, -0.2) is 36.1 Å². The second-order valence-electron chi connectivity index (χ2n) is 5.15. The Morgan fingerprint density at radius 3 is 2.32 bits per heavy atom. The maximum atomic E-state index is 10.9. The molecule has 1 aromatic rings. The van der Waals surface area contributed by atoms with Crippen LogP contribution in [0, 0.1) is 0 Å². The lowest BCUT2D eigenvalue weighted by atomic mass is 9.97. The number of aliphatic carboxylic acids is 1. The summed E-state index contributed by atoms with van der Waals surface area (Å²) < 4.78 is 0. The van der Waals surface area contributed by atoms with E-state index in [4.69, 9.17) is 10.8 Å². The third-order valence-corrected chi connectivity index (χ3v) is 3.32. The summed E-state index contributed by atoms with van der Waals surface area (Å²) in [5, 5.41) is 8.93. The highest BCUT2D eigenvalue weighted by atomic mass is 16.4. The molecule has 0 saturated heterocycles. The van der Waals surface area contributed by atoms with Crippen molar-refractivity contribution in [2.45, 2.75) is 38.3 Å². The molecule has 2 unspecified atom stereocenters. The smallest absolute Gasteiger partial charge is 0.320 e. The number of hydrogen-bond donors (Lipinski definition) is 2. The van der Waals surface area contributed by atoms with Crippen molar-refractivity contribution in [2.24, 2.45) is 5.73 Å². The fourth-order valence-electron chi connectivity index (χ4n) is 2.18. The molecule has 106 valence electrons. The lowest BCUT2D eigenvalue weighted by Gasteiger charge is -2.26. The van der Waals surface area contributed by atoms with Gasteiger partial charge < -0.3 is 15.7 Å². The highest BCUT2D eigenvalue weighted by molar-refractivity contribution is 5.73. The minimum absolute atomic E-state index is 0.0294. The zero-order chi connectivity index (χ0) is 14.4. The van der Waals surface area contributed by atoms with Gasteiger partial charge in [0.05, 0.1) is 0 Å². The van der Waals surface area contributed by atoms with Crippen LogP contribution in [0.2, 0.25) is 0 Å². The summed E-state index contributed by atoms with van der Waals surface area (Å²) in [6, 6.07) is 7.57. The molecule has 0 amide bonds. The Morgan fingerprint density at radius 2 is 1.89 bits per heavy atom. The van der Waals surface area contributed by atoms with Gasteiger partial charge >= 0.3 is 5.97 Å². The first-order valence-electron chi connectivity index (χ1n) is 6.69. The molecule has 19 heavy (non-hydrogen) atoms. The Hall–Kier alpha value is -1.39. The van der Waals surface area contributed by atoms with Crippen LogP contribution in [-0.2, 0) is 11.2 Å². The lowest BCUT2D eigenvalue weighted by Crippen LogP contribution is -2.35. The summed E-state index contributed by atoms with van der Waals surface area (Å²) in [6.45, 7) is 2.16. The zero-order valence-electron chi connectivity index (χ0n) is 12.0. The number of benzene rings is 1. The van der Waals surface area contributed by atoms with Crippen molar-refractivity contribution in [3.8, 4) is 0 Å². The number of rotatable bonds is 7. The van der Waals surface area contributed by atoms with Gasteiger partial charge in [-0.1, -0.05) is 37.6 Å². The molecule has 2 atom stereocenters. The Labute approximate surface area is 115 Å². The molecule has 0 aliphatic carbocycles. The normalized spacial score (nSPS) is 14.4. The molecule has 4 heteroatoms. The minimum atomic E-state index is -0.950. The number of carboxylic acid groups (broad SMARTS) is 1. The van der Waals surface area contributed by atoms with Crippen molar-refractivity contribution < 1.29 is 9.90 Å². The number of carbonyl (C=O) groups is 1. The molecular weight excluding hydrogens is 240 g/mol. The second-order valence-corrected chi connectivity index (χ2v) is 5.15. The van der Waals surface area contributed by atoms with Gasteiger partial charge in [0.15, 0.2) is 0 Å². The standard InChI is InChI=1S/C15H24N2O2/c1-4-5-11-6-8-12(9-7-11)14(17(2)3)10-13(16)15(18)19/h6-9,13-14H,4-5,10,16H2,1-3H3,(H,18,19). The van der Waals surface area contributed by atoms with Crippen molar-refractivity contribution in [1.29, 1.82) is 0 Å². The Balaban J connectivity index is 2.84. The van der Waals surface area contributed by atoms with Gasteiger partial charge in [0, 0.05) is 6.04 Å². The molecule has 0 spiro atoms. The summed E-state index contributed by atoms with van der Waals surface area (Å²) in [4.78, 5) is 12.9. The van der Waals surface area contributed by atoms with Crippen LogP contribution in [0.1, 0.15) is 36.9 Å². The van der Waals surface area contributed by atoms with E-state index >= 15 is 0 Å². The first kappa shape index (κ1) is 15.7. The van der Waals surface area contributed by atoms with Gasteiger partial charge in [-0.15, -0.1) is 0 Å². The number of nitrogens with two attached hydrogens (primary N) is 1. The van der Waals surface area contributed by atoms with Crippen molar-refractivity contribution >= 4 is 5.97 Å². The Kier molecular flexibility index (Phi) is 5.99. The SMILES string of the molecule is CCCc1ccc(C(CC(N)C(=O)O)N(C)C)cc1. The fourth-order valence-corrected chi connectivity index (χ4v) is 2.18. The van der Waals surface area contributed by atoms with Gasteiger partial charge in [-0.3, -0.25) is 4.79 Å². The zero-order valence-corrected chi connectivity index (χ0v) is 12.0. The number of nitrogens with zero attached hydrogens (tertiary/aromatic N) is 1. The summed E-state index contributed by atoms with van der Waals surface area (Å²) in [7, 11) is 3.89. The molecular formula is C15H24N2O2. The van der Waals surface area contributed by atoms with Crippen LogP contribution in [0.3, 0.4) is 0 Å². The van der Waals surface area contributed by atoms with E-state index in [0.717, 1.165) is 18.4 Å². The molecule has 0 fully saturated rings. The van der Waals surface area contributed by atoms with Crippen LogP contribution in [0.25, 0.3) is 0 Å². The molecule has 0 aromatic heterocycles. The van der Waals surface area contributed by atoms with E-state index < -0.39 is 12.0 Å². The van der Waals surface area contributed by atoms with Crippen molar-refractivity contribution in [3.63, 3.8) is 0 Å². The van der Waals surface area contributed by atoms with Gasteiger partial charge in [0.25, 0.3) is 0 Å². The molecule has 0 saturated carbocycles. The molecule has 0 aliphatic rings. The van der Waals surface area contributed by atoms with Crippen molar-refractivity contribution in [1.82, 2.24) is 4.90 Å². The monoisotopic (exact) mass is 264 g/mol. The largest absolute Gasteiger partial charge is 0.480 e. The maximum absolute atomic E-state index is 10.9. The molecule has 4 nitrogen and oxygen atoms in total. The van der Waals surface area contributed by atoms with Crippen molar-refractivity contribution in [2.75, 3.05) is 14.1 Å². The van der Waals surface area contributed by atoms with Crippen LogP contribution < -0.4 is 5.73 Å². The first-order valence-corrected chi connectivity index (χ1v) is 6.69. The van der Waals surface area contributed by atoms with Gasteiger partial charge in [-0.2, -0.15) is 0 Å². The molecule has 1 rings (SSSR count). The third kappa shape index (κ3) is 4.65. The average Bonchev–Trinajstić information content (AvgIpc) is 2.36. The van der Waals surface area contributed by atoms with E-state index in [2.05, 4.69) is 31.2 Å². The summed E-state index contributed by atoms with van der Waals surface area (Å²) in [5.41, 5.74) is 8.07. The highest BCUT2D eigenvalue weighted by Crippen LogP contribution is 2.23. The van der Waals surface area contributed by atoms with Gasteiger partial charge in [0.2, 0.25) is 0 Å². The van der Waals surface area contributed by atoms with Crippen LogP contribution in [0.4, 0.5) is 0 Å². The van der Waals surface area contributed by atoms with Crippen LogP contribution >= 0.6 is 0 Å². The van der Waals surface area contributed by atoms with E-state index in [1.807, 2.05) is 19.0 Å². The predicted molar refractivity (Wildman–Crippen MR) is 77.1 cm³/mol. The quantitative estimate of drug-likeness (QED) is 0.791. The minimum Gasteiger partial charge on any atom is -0.480 e. The average molecular weight is 264 g/mol. The Morgan fingerprint density at radius 1 is 1.32 bits per heavy atom. The van der Waals surface area contributed by atoms with E-state index in [9.17, 15) is 4.79 Å². The van der Waals surface area contributed by atoms with E-state index in [1.54, 1.807) is 0 Å². The van der Waals surface area contributed by atoms with Gasteiger partial charge in [-0.25, -0.2) is 0 Å². The topological polar surface area (TPSA) is 66.6 Å². The summed E-state index contributed by atoms with van der Waals surface area (Å²) >= 11 is 0. The Bertz CT molecular complexity index is 401. The van der Waals surface area contributed by atoms with Crippen molar-refractivity contribution in [3.05, 3.63) is 35.4 Å². The third-order valence-electron chi connectivity index (χ3n) is 3.32. The fraction of sp³-hybridized carbons (Fsp3) is 0.533. The number of aryl methyl sites for hydroxylation is 1. The number of carboxylic acids is 1. The van der Waals surface area contributed by atoms with E-state index in [-0.39, 0.29) is 6.04 Å². The highest BCUT2D eigenvalue weighted by Gasteiger charge is 2.21. The molecule has 0 radical (unpaired) electrons. The number of hydrogen-bond acceptors (Lipinski definition) is 3. The summed E-state index contributed by atoms with van der Waals surface area (Å²) in [6.07, 6.45) is 2.61. The van der Waals surface area contributed by atoms with Crippen LogP contribution in [0.5, 0.6) is 0 Å². The molecule has 0 aliphatic heterocycles. The van der Waals surface area contributed by atoms with Gasteiger partial charge in [-0.05, 0) is 38.1 Å².